The number of amides is 1. The first-order valence-electron chi connectivity index (χ1n) is 14.5. The first kappa shape index (κ1) is 30.3. The molecular weight excluding hydrogens is 516 g/mol. The minimum Gasteiger partial charge on any atom is -0.467 e. The second-order valence-electron chi connectivity index (χ2n) is 12.0. The summed E-state index contributed by atoms with van der Waals surface area (Å²) in [7, 11) is 1.22. The van der Waals surface area contributed by atoms with Crippen LogP contribution < -0.4 is 10.6 Å². The molecule has 7 nitrogen and oxygen atoms in total. The number of hydrogen-bond acceptors (Lipinski definition) is 6. The van der Waals surface area contributed by atoms with Crippen molar-refractivity contribution in [3.8, 4) is 0 Å². The van der Waals surface area contributed by atoms with Crippen LogP contribution in [0, 0.1) is 0 Å². The molecule has 0 radical (unpaired) electrons. The molecule has 7 heteroatoms. The molecule has 1 amide bonds. The van der Waals surface area contributed by atoms with E-state index in [2.05, 4.69) is 60.0 Å². The molecule has 0 aromatic heterocycles. The predicted octanol–water partition coefficient (Wildman–Crippen LogP) is 6.22. The number of carbonyl (C=O) groups excluding carboxylic acids is 3. The second kappa shape index (κ2) is 13.3. The maximum atomic E-state index is 12.9. The first-order valence-corrected chi connectivity index (χ1v) is 14.5. The number of benzene rings is 3. The van der Waals surface area contributed by atoms with E-state index in [-0.39, 0.29) is 12.5 Å². The lowest BCUT2D eigenvalue weighted by molar-refractivity contribution is -0.158. The average molecular weight is 559 g/mol. The van der Waals surface area contributed by atoms with Gasteiger partial charge in [0.1, 0.15) is 11.6 Å². The Balaban J connectivity index is 1.37. The molecule has 4 rings (SSSR count). The lowest BCUT2D eigenvalue weighted by Crippen LogP contribution is -2.43. The van der Waals surface area contributed by atoms with Gasteiger partial charge in [-0.1, -0.05) is 61.0 Å². The van der Waals surface area contributed by atoms with Crippen LogP contribution in [-0.2, 0) is 19.1 Å². The van der Waals surface area contributed by atoms with Gasteiger partial charge in [0.25, 0.3) is 5.91 Å². The maximum Gasteiger partial charge on any atom is 0.328 e. The van der Waals surface area contributed by atoms with Crippen LogP contribution in [0.15, 0.2) is 66.7 Å². The van der Waals surface area contributed by atoms with Crippen LogP contribution >= 0.6 is 0 Å². The predicted molar refractivity (Wildman–Crippen MR) is 161 cm³/mol. The molecule has 1 aliphatic rings. The summed E-state index contributed by atoms with van der Waals surface area (Å²) in [5.41, 5.74) is 2.24. The lowest BCUT2D eigenvalue weighted by Gasteiger charge is -2.32. The third-order valence-corrected chi connectivity index (χ3v) is 7.68. The van der Waals surface area contributed by atoms with Crippen LogP contribution in [0.5, 0.6) is 0 Å². The van der Waals surface area contributed by atoms with Crippen molar-refractivity contribution in [3.63, 3.8) is 0 Å². The molecule has 218 valence electrons. The molecule has 0 aliphatic heterocycles. The summed E-state index contributed by atoms with van der Waals surface area (Å²) in [6.07, 6.45) is 4.10. The van der Waals surface area contributed by atoms with Gasteiger partial charge in [0.05, 0.1) is 13.5 Å². The quantitative estimate of drug-likeness (QED) is 0.303. The Hall–Kier alpha value is -3.71. The smallest absolute Gasteiger partial charge is 0.328 e. The summed E-state index contributed by atoms with van der Waals surface area (Å²) in [5.74, 6) is -1.33. The zero-order chi connectivity index (χ0) is 29.6. The fourth-order valence-electron chi connectivity index (χ4n) is 5.75. The number of nitrogens with one attached hydrogen (secondary N) is 2. The number of rotatable bonds is 9. The van der Waals surface area contributed by atoms with Gasteiger partial charge in [-0.3, -0.25) is 9.59 Å². The Morgan fingerprint density at radius 3 is 2.37 bits per heavy atom. The van der Waals surface area contributed by atoms with Crippen molar-refractivity contribution in [3.05, 3.63) is 83.4 Å². The van der Waals surface area contributed by atoms with Crippen molar-refractivity contribution >= 4 is 28.6 Å². The summed E-state index contributed by atoms with van der Waals surface area (Å²) in [5, 5.41) is 9.06. The fraction of sp³-hybridized carbons (Fsp3) is 0.441. The Morgan fingerprint density at radius 2 is 1.66 bits per heavy atom. The van der Waals surface area contributed by atoms with E-state index in [4.69, 9.17) is 9.47 Å². The Labute approximate surface area is 243 Å². The van der Waals surface area contributed by atoms with Crippen LogP contribution in [0.2, 0.25) is 0 Å². The standard InChI is InChI=1S/C34H42N2O5/c1-22(28-15-9-11-24-10-6-7-14-29(24)28)35-27-13-8-12-26(20-27)23-16-18-25(19-17-23)32(38)36-30(33(39)40-5)21-31(37)41-34(2,3)4/h6-7,9-11,14-19,22,26-27,30,35H,8,12-13,20-21H2,1-5H3,(H,36,38). The summed E-state index contributed by atoms with van der Waals surface area (Å²) >= 11 is 0. The third kappa shape index (κ3) is 8.17. The third-order valence-electron chi connectivity index (χ3n) is 7.68. The van der Waals surface area contributed by atoms with Gasteiger partial charge in [-0.25, -0.2) is 4.79 Å². The molecule has 0 bridgehead atoms. The molecule has 3 aromatic rings. The highest BCUT2D eigenvalue weighted by molar-refractivity contribution is 5.97. The zero-order valence-electron chi connectivity index (χ0n) is 24.7. The number of esters is 2. The molecule has 0 saturated heterocycles. The molecular formula is C34H42N2O5. The van der Waals surface area contributed by atoms with Gasteiger partial charge in [0, 0.05) is 17.6 Å². The highest BCUT2D eigenvalue weighted by atomic mass is 16.6. The van der Waals surface area contributed by atoms with Crippen molar-refractivity contribution in [1.29, 1.82) is 0 Å². The van der Waals surface area contributed by atoms with E-state index < -0.39 is 29.5 Å². The minimum absolute atomic E-state index is 0.236. The van der Waals surface area contributed by atoms with Gasteiger partial charge >= 0.3 is 11.9 Å². The molecule has 41 heavy (non-hydrogen) atoms. The van der Waals surface area contributed by atoms with Crippen molar-refractivity contribution in [2.45, 2.75) is 89.4 Å². The number of fused-ring (bicyclic) bond motifs is 1. The average Bonchev–Trinajstić information content (AvgIpc) is 2.95. The largest absolute Gasteiger partial charge is 0.467 e. The maximum absolute atomic E-state index is 12.9. The molecule has 4 unspecified atom stereocenters. The molecule has 3 aromatic carbocycles. The molecule has 0 heterocycles. The Kier molecular flexibility index (Phi) is 9.81. The molecule has 2 N–H and O–H groups in total. The van der Waals surface area contributed by atoms with E-state index >= 15 is 0 Å². The van der Waals surface area contributed by atoms with Crippen LogP contribution in [-0.4, -0.2) is 42.6 Å². The molecule has 1 aliphatic carbocycles. The van der Waals surface area contributed by atoms with E-state index in [1.54, 1.807) is 32.9 Å². The number of carbonyl (C=O) groups is 3. The van der Waals surface area contributed by atoms with Gasteiger partial charge in [0.2, 0.25) is 0 Å². The second-order valence-corrected chi connectivity index (χ2v) is 12.0. The summed E-state index contributed by atoms with van der Waals surface area (Å²) in [6, 6.07) is 22.1. The number of hydrogen-bond donors (Lipinski definition) is 2. The van der Waals surface area contributed by atoms with Crippen LogP contribution in [0.1, 0.15) is 93.2 Å². The Morgan fingerprint density at radius 1 is 0.951 bits per heavy atom. The highest BCUT2D eigenvalue weighted by Crippen LogP contribution is 2.34. The molecule has 0 spiro atoms. The minimum atomic E-state index is -1.13. The number of methoxy groups -OCH3 is 1. The molecule has 1 saturated carbocycles. The van der Waals surface area contributed by atoms with Crippen molar-refractivity contribution in [1.82, 2.24) is 10.6 Å². The van der Waals surface area contributed by atoms with Gasteiger partial charge in [0.15, 0.2) is 0 Å². The first-order chi connectivity index (χ1) is 19.5. The summed E-state index contributed by atoms with van der Waals surface area (Å²) in [6.45, 7) is 7.47. The van der Waals surface area contributed by atoms with Gasteiger partial charge in [-0.15, -0.1) is 0 Å². The summed E-state index contributed by atoms with van der Waals surface area (Å²) in [4.78, 5) is 37.5. The monoisotopic (exact) mass is 558 g/mol. The van der Waals surface area contributed by atoms with E-state index in [0.717, 1.165) is 25.7 Å². The van der Waals surface area contributed by atoms with Gasteiger partial charge in [-0.2, -0.15) is 0 Å². The van der Waals surface area contributed by atoms with Crippen molar-refractivity contribution in [2.75, 3.05) is 7.11 Å². The summed E-state index contributed by atoms with van der Waals surface area (Å²) < 4.78 is 10.1. The SMILES string of the molecule is COC(=O)C(CC(=O)OC(C)(C)C)NC(=O)c1ccc(C2CCCC(NC(C)c3cccc4ccccc34)C2)cc1. The van der Waals surface area contributed by atoms with E-state index in [1.807, 2.05) is 12.1 Å². The topological polar surface area (TPSA) is 93.7 Å². The normalized spacial score (nSPS) is 18.8. The van der Waals surface area contributed by atoms with Crippen LogP contribution in [0.3, 0.4) is 0 Å². The Bertz CT molecular complexity index is 1360. The molecule has 4 atom stereocenters. The van der Waals surface area contributed by atoms with Gasteiger partial charge < -0.3 is 20.1 Å². The highest BCUT2D eigenvalue weighted by Gasteiger charge is 2.29. The van der Waals surface area contributed by atoms with Crippen molar-refractivity contribution in [2.24, 2.45) is 0 Å². The van der Waals surface area contributed by atoms with Gasteiger partial charge in [-0.05, 0) is 86.9 Å². The zero-order valence-corrected chi connectivity index (χ0v) is 24.7. The van der Waals surface area contributed by atoms with Crippen LogP contribution in [0.25, 0.3) is 10.8 Å². The van der Waals surface area contributed by atoms with E-state index in [9.17, 15) is 14.4 Å². The van der Waals surface area contributed by atoms with Crippen LogP contribution in [0.4, 0.5) is 0 Å². The van der Waals surface area contributed by atoms with Crippen molar-refractivity contribution < 1.29 is 23.9 Å². The molecule has 1 fully saturated rings. The van der Waals surface area contributed by atoms with E-state index in [1.165, 1.54) is 29.0 Å². The van der Waals surface area contributed by atoms with E-state index in [0.29, 0.717) is 17.5 Å². The lowest BCUT2D eigenvalue weighted by atomic mass is 9.80. The number of ether oxygens (including phenoxy) is 2. The fourth-order valence-corrected chi connectivity index (χ4v) is 5.75.